The number of aromatic nitrogens is 1. The van der Waals surface area contributed by atoms with Crippen LogP contribution in [0.2, 0.25) is 0 Å². The summed E-state index contributed by atoms with van der Waals surface area (Å²) >= 11 is 1.63. The largest absolute Gasteiger partial charge is 1.00 e. The van der Waals surface area contributed by atoms with Crippen LogP contribution in [-0.4, -0.2) is 5.54 Å². The van der Waals surface area contributed by atoms with Gasteiger partial charge in [0, 0.05) is 22.7 Å². The molecule has 0 aliphatic rings. The lowest BCUT2D eigenvalue weighted by Crippen LogP contribution is -3.00. The second-order valence-electron chi connectivity index (χ2n) is 9.16. The summed E-state index contributed by atoms with van der Waals surface area (Å²) in [6, 6.07) is 27.2. The van der Waals surface area contributed by atoms with Gasteiger partial charge in [-0.25, -0.2) is 0 Å². The number of nitrogens with one attached hydrogen (secondary N) is 1. The van der Waals surface area contributed by atoms with E-state index in [0.717, 1.165) is 39.3 Å². The Morgan fingerprint density at radius 2 is 1.59 bits per heavy atom. The number of nitrogens with zero attached hydrogens (tertiary/aromatic N) is 1. The minimum atomic E-state index is -0.103. The first-order valence-corrected chi connectivity index (χ1v) is 12.0. The fourth-order valence-corrected chi connectivity index (χ4v) is 4.96. The summed E-state index contributed by atoms with van der Waals surface area (Å²) in [6.45, 7) is 12.6. The van der Waals surface area contributed by atoms with Gasteiger partial charge in [-0.3, -0.25) is 0 Å². The van der Waals surface area contributed by atoms with Crippen molar-refractivity contribution in [2.45, 2.75) is 39.7 Å². The number of allylic oxidation sites excluding steroid dienone is 1. The zero-order valence-electron chi connectivity index (χ0n) is 20.1. The smallest absolute Gasteiger partial charge is 0.444 e. The van der Waals surface area contributed by atoms with Crippen LogP contribution < -0.4 is 27.0 Å². The molecule has 4 aromatic rings. The molecule has 0 radical (unpaired) electrons. The number of halogens is 1. The number of benzene rings is 3. The molecule has 1 aromatic heterocycles. The van der Waals surface area contributed by atoms with Gasteiger partial charge in [0.1, 0.15) is 5.75 Å². The summed E-state index contributed by atoms with van der Waals surface area (Å²) in [5, 5.41) is 5.60. The van der Waals surface area contributed by atoms with Crippen LogP contribution in [0.4, 0.5) is 5.00 Å². The van der Waals surface area contributed by atoms with E-state index in [1.807, 2.05) is 24.3 Å². The number of aryl methyl sites for hydroxylation is 1. The molecule has 4 rings (SSSR count). The van der Waals surface area contributed by atoms with Gasteiger partial charge >= 0.3 is 5.19 Å². The number of rotatable bonds is 7. The molecule has 3 nitrogen and oxygen atoms in total. The Hall–Kier alpha value is -3.08. The Morgan fingerprint density at radius 1 is 0.941 bits per heavy atom. The van der Waals surface area contributed by atoms with E-state index in [1.165, 1.54) is 11.1 Å². The topological polar surface area (TPSA) is 25.1 Å². The van der Waals surface area contributed by atoms with E-state index in [9.17, 15) is 0 Å². The predicted octanol–water partition coefficient (Wildman–Crippen LogP) is 4.74. The Labute approximate surface area is 213 Å². The van der Waals surface area contributed by atoms with Gasteiger partial charge in [0.2, 0.25) is 5.69 Å². The summed E-state index contributed by atoms with van der Waals surface area (Å²) in [5.41, 5.74) is 5.62. The summed E-state index contributed by atoms with van der Waals surface area (Å²) in [5.74, 6) is 0.818. The number of anilines is 1. The van der Waals surface area contributed by atoms with Gasteiger partial charge in [-0.05, 0) is 69.7 Å². The van der Waals surface area contributed by atoms with Crippen LogP contribution in [0.15, 0.2) is 91.5 Å². The van der Waals surface area contributed by atoms with E-state index in [2.05, 4.69) is 105 Å². The fraction of sp³-hybridized carbons (Fsp3) is 0.207. The van der Waals surface area contributed by atoms with Gasteiger partial charge in [0.05, 0.1) is 0 Å². The standard InChI is InChI=1S/C29H31N2OS.ClH/c1-6-12-22-13-10-11-16-25(22)31-26(23-14-8-7-9-15-23)27(30-29(3,4)5)33-28(31)32-24-19-17-21(2)18-20-24;/h6-11,13-20,30H,1,12H2,2-5H3;1H/q+1;/p-1. The van der Waals surface area contributed by atoms with Crippen LogP contribution in [0, 0.1) is 6.92 Å². The van der Waals surface area contributed by atoms with Gasteiger partial charge < -0.3 is 22.5 Å². The minimum Gasteiger partial charge on any atom is -1.00 e. The molecule has 0 aliphatic carbocycles. The quantitative estimate of drug-likeness (QED) is 0.299. The molecule has 0 atom stereocenters. The normalized spacial score (nSPS) is 10.9. The number of thiazole rings is 1. The fourth-order valence-electron chi connectivity index (χ4n) is 3.71. The Kier molecular flexibility index (Phi) is 8.19. The molecule has 0 bridgehead atoms. The molecule has 1 heterocycles. The summed E-state index contributed by atoms with van der Waals surface area (Å²) in [4.78, 5) is 0. The van der Waals surface area contributed by atoms with Crippen molar-refractivity contribution in [3.63, 3.8) is 0 Å². The molecule has 3 aromatic carbocycles. The maximum Gasteiger partial charge on any atom is 0.444 e. The van der Waals surface area contributed by atoms with Crippen LogP contribution in [0.5, 0.6) is 10.9 Å². The first-order valence-electron chi connectivity index (χ1n) is 11.2. The third kappa shape index (κ3) is 5.88. The monoisotopic (exact) mass is 490 g/mol. The molecular weight excluding hydrogens is 460 g/mol. The molecule has 0 fully saturated rings. The third-order valence-corrected chi connectivity index (χ3v) is 6.11. The maximum atomic E-state index is 6.53. The van der Waals surface area contributed by atoms with Gasteiger partial charge in [-0.15, -0.1) is 11.1 Å². The molecule has 34 heavy (non-hydrogen) atoms. The van der Waals surface area contributed by atoms with Crippen LogP contribution in [-0.2, 0) is 6.42 Å². The van der Waals surface area contributed by atoms with Crippen LogP contribution in [0.25, 0.3) is 16.9 Å². The second kappa shape index (κ2) is 10.9. The van der Waals surface area contributed by atoms with E-state index >= 15 is 0 Å². The molecule has 0 saturated carbocycles. The lowest BCUT2D eigenvalue weighted by atomic mass is 10.1. The predicted molar refractivity (Wildman–Crippen MR) is 140 cm³/mol. The number of para-hydroxylation sites is 1. The zero-order chi connectivity index (χ0) is 23.4. The Morgan fingerprint density at radius 3 is 2.24 bits per heavy atom. The van der Waals surface area contributed by atoms with Gasteiger partial charge in [0.15, 0.2) is 5.00 Å². The van der Waals surface area contributed by atoms with Crippen molar-refractivity contribution in [1.29, 1.82) is 0 Å². The number of hydrogen-bond acceptors (Lipinski definition) is 3. The molecule has 5 heteroatoms. The van der Waals surface area contributed by atoms with Crippen LogP contribution in [0.3, 0.4) is 0 Å². The Bertz CT molecular complexity index is 1240. The molecule has 0 amide bonds. The summed E-state index contributed by atoms with van der Waals surface area (Å²) < 4.78 is 8.77. The Balaban J connectivity index is 0.00000324. The lowest BCUT2D eigenvalue weighted by Gasteiger charge is -2.20. The third-order valence-electron chi connectivity index (χ3n) is 5.17. The van der Waals surface area contributed by atoms with Crippen molar-refractivity contribution in [3.05, 3.63) is 103 Å². The van der Waals surface area contributed by atoms with Crippen molar-refractivity contribution in [1.82, 2.24) is 0 Å². The van der Waals surface area contributed by atoms with Crippen molar-refractivity contribution in [3.8, 4) is 27.9 Å². The number of hydrogen-bond donors (Lipinski definition) is 1. The molecule has 0 spiro atoms. The van der Waals surface area contributed by atoms with E-state index in [4.69, 9.17) is 4.74 Å². The van der Waals surface area contributed by atoms with Gasteiger partial charge in [0.25, 0.3) is 5.69 Å². The highest BCUT2D eigenvalue weighted by Gasteiger charge is 2.34. The average molecular weight is 491 g/mol. The van der Waals surface area contributed by atoms with Crippen molar-refractivity contribution < 1.29 is 21.7 Å². The average Bonchev–Trinajstić information content (AvgIpc) is 3.12. The van der Waals surface area contributed by atoms with Gasteiger partial charge in [-0.1, -0.05) is 60.2 Å². The first kappa shape index (κ1) is 25.5. The zero-order valence-corrected chi connectivity index (χ0v) is 21.7. The highest BCUT2D eigenvalue weighted by molar-refractivity contribution is 7.17. The van der Waals surface area contributed by atoms with Crippen LogP contribution >= 0.6 is 11.3 Å². The first-order chi connectivity index (χ1) is 15.9. The maximum absolute atomic E-state index is 6.53. The lowest BCUT2D eigenvalue weighted by molar-refractivity contribution is -0.584. The molecule has 1 N–H and O–H groups in total. The molecule has 0 unspecified atom stereocenters. The SMILES string of the molecule is C=CCc1ccccc1-[n+]1c(Oc2ccc(C)cc2)sc(NC(C)(C)C)c1-c1ccccc1.[Cl-]. The van der Waals surface area contributed by atoms with Crippen LogP contribution in [0.1, 0.15) is 31.9 Å². The van der Waals surface area contributed by atoms with Crippen molar-refractivity contribution in [2.75, 3.05) is 5.32 Å². The number of ether oxygens (including phenoxy) is 1. The molecular formula is C29H31ClN2OS. The van der Waals surface area contributed by atoms with E-state index in [1.54, 1.807) is 11.3 Å². The summed E-state index contributed by atoms with van der Waals surface area (Å²) in [6.07, 6.45) is 2.72. The van der Waals surface area contributed by atoms with Crippen molar-refractivity contribution >= 4 is 16.3 Å². The molecule has 0 aliphatic heterocycles. The summed E-state index contributed by atoms with van der Waals surface area (Å²) in [7, 11) is 0. The van der Waals surface area contributed by atoms with Gasteiger partial charge in [-0.2, -0.15) is 0 Å². The van der Waals surface area contributed by atoms with E-state index in [-0.39, 0.29) is 17.9 Å². The highest BCUT2D eigenvalue weighted by Crippen LogP contribution is 2.40. The van der Waals surface area contributed by atoms with E-state index < -0.39 is 0 Å². The minimum absolute atomic E-state index is 0. The second-order valence-corrected chi connectivity index (χ2v) is 10.1. The highest BCUT2D eigenvalue weighted by atomic mass is 35.5. The molecule has 176 valence electrons. The van der Waals surface area contributed by atoms with E-state index in [0.29, 0.717) is 0 Å². The van der Waals surface area contributed by atoms with Crippen molar-refractivity contribution in [2.24, 2.45) is 0 Å². The molecule has 0 saturated heterocycles.